The van der Waals surface area contributed by atoms with Crippen LogP contribution in [0, 0.1) is 0 Å². The third-order valence-electron chi connectivity index (χ3n) is 6.32. The average molecular weight is 539 g/mol. The monoisotopic (exact) mass is 538 g/mol. The second-order valence-electron chi connectivity index (χ2n) is 8.71. The Hall–Kier alpha value is -4.11. The van der Waals surface area contributed by atoms with E-state index in [1.807, 2.05) is 48.5 Å². The van der Waals surface area contributed by atoms with Crippen molar-refractivity contribution in [3.05, 3.63) is 71.2 Å². The summed E-state index contributed by atoms with van der Waals surface area (Å²) in [6.07, 6.45) is 0.281. The molecule has 1 aliphatic heterocycles. The van der Waals surface area contributed by atoms with Crippen molar-refractivity contribution in [3.8, 4) is 17.2 Å². The van der Waals surface area contributed by atoms with E-state index in [0.717, 1.165) is 22.7 Å². The zero-order valence-electron chi connectivity index (χ0n) is 21.6. The van der Waals surface area contributed by atoms with E-state index >= 15 is 0 Å². The Kier molecular flexibility index (Phi) is 8.81. The molecule has 0 aromatic heterocycles. The lowest BCUT2D eigenvalue weighted by Gasteiger charge is -2.36. The van der Waals surface area contributed by atoms with Crippen LogP contribution in [-0.4, -0.2) is 64.3 Å². The van der Waals surface area contributed by atoms with Gasteiger partial charge in [0.05, 0.1) is 32.8 Å². The summed E-state index contributed by atoms with van der Waals surface area (Å²) in [7, 11) is 4.66. The molecule has 1 aliphatic rings. The third-order valence-corrected chi connectivity index (χ3v) is 6.62. The highest BCUT2D eigenvalue weighted by atomic mass is 35.5. The van der Waals surface area contributed by atoms with E-state index < -0.39 is 0 Å². The van der Waals surface area contributed by atoms with Gasteiger partial charge in [-0.1, -0.05) is 23.7 Å². The number of methoxy groups -OCH3 is 3. The molecule has 0 aliphatic carbocycles. The number of carbonyl (C=O) groups excluding carboxylic acids is 2. The lowest BCUT2D eigenvalue weighted by atomic mass is 10.1. The van der Waals surface area contributed by atoms with E-state index in [2.05, 4.69) is 15.5 Å². The fraction of sp³-hybridized carbons (Fsp3) is 0.286. The summed E-state index contributed by atoms with van der Waals surface area (Å²) >= 11 is 6.34. The third kappa shape index (κ3) is 6.60. The van der Waals surface area contributed by atoms with E-state index in [1.54, 1.807) is 24.1 Å². The second kappa shape index (κ2) is 12.4. The Morgan fingerprint density at radius 1 is 0.816 bits per heavy atom. The molecule has 1 fully saturated rings. The topological polar surface area (TPSA) is 92.4 Å². The summed E-state index contributed by atoms with van der Waals surface area (Å²) in [5, 5.41) is 6.14. The molecule has 3 amide bonds. The summed E-state index contributed by atoms with van der Waals surface area (Å²) in [6, 6.07) is 18.2. The average Bonchev–Trinajstić information content (AvgIpc) is 2.94. The summed E-state index contributed by atoms with van der Waals surface area (Å²) < 4.78 is 15.7. The van der Waals surface area contributed by atoms with Crippen molar-refractivity contribution < 1.29 is 23.8 Å². The standard InChI is InChI=1S/C28H31ClN4O5/c1-36-22-10-4-19(5-11-22)16-26(34)30-20-6-8-21(9-7-20)32-12-14-33(15-13-32)28(35)31-27-24(29)17-23(37-2)18-25(27)38-3/h4-11,17-18H,12-16H2,1-3H3,(H,30,34)(H,31,35). The van der Waals surface area contributed by atoms with Crippen molar-refractivity contribution in [1.82, 2.24) is 4.90 Å². The van der Waals surface area contributed by atoms with Crippen LogP contribution in [0.1, 0.15) is 5.56 Å². The minimum absolute atomic E-state index is 0.0869. The molecule has 38 heavy (non-hydrogen) atoms. The zero-order valence-corrected chi connectivity index (χ0v) is 22.4. The predicted octanol–water partition coefficient (Wildman–Crippen LogP) is 4.90. The fourth-order valence-corrected chi connectivity index (χ4v) is 4.45. The normalized spacial score (nSPS) is 13.1. The number of rotatable bonds is 8. The van der Waals surface area contributed by atoms with Crippen LogP contribution in [0.2, 0.25) is 5.02 Å². The van der Waals surface area contributed by atoms with Crippen LogP contribution in [0.3, 0.4) is 0 Å². The number of hydrogen-bond acceptors (Lipinski definition) is 6. The molecule has 3 aromatic carbocycles. The van der Waals surface area contributed by atoms with Crippen molar-refractivity contribution in [1.29, 1.82) is 0 Å². The van der Waals surface area contributed by atoms with Gasteiger partial charge in [0.15, 0.2) is 0 Å². The summed E-state index contributed by atoms with van der Waals surface area (Å²) in [5.41, 5.74) is 3.08. The highest BCUT2D eigenvalue weighted by Crippen LogP contribution is 2.37. The number of amides is 3. The number of nitrogens with one attached hydrogen (secondary N) is 2. The minimum atomic E-state index is -0.245. The maximum Gasteiger partial charge on any atom is 0.322 e. The molecule has 0 spiro atoms. The van der Waals surface area contributed by atoms with Crippen LogP contribution in [0.5, 0.6) is 17.2 Å². The van der Waals surface area contributed by atoms with Crippen molar-refractivity contribution in [2.75, 3.05) is 63.0 Å². The number of ether oxygens (including phenoxy) is 3. The predicted molar refractivity (Wildman–Crippen MR) is 149 cm³/mol. The van der Waals surface area contributed by atoms with Gasteiger partial charge in [-0.05, 0) is 42.0 Å². The number of urea groups is 1. The Balaban J connectivity index is 1.28. The molecule has 9 nitrogen and oxygen atoms in total. The molecular weight excluding hydrogens is 508 g/mol. The molecule has 4 rings (SSSR count). The Bertz CT molecular complexity index is 1260. The van der Waals surface area contributed by atoms with Gasteiger partial charge in [0, 0.05) is 49.7 Å². The fourth-order valence-electron chi connectivity index (χ4n) is 4.20. The van der Waals surface area contributed by atoms with Crippen molar-refractivity contribution >= 4 is 40.6 Å². The Labute approximate surface area is 227 Å². The van der Waals surface area contributed by atoms with Gasteiger partial charge in [-0.2, -0.15) is 0 Å². The quantitative estimate of drug-likeness (QED) is 0.424. The van der Waals surface area contributed by atoms with Crippen LogP contribution in [0.4, 0.5) is 21.9 Å². The number of halogens is 1. The van der Waals surface area contributed by atoms with Gasteiger partial charge in [0.25, 0.3) is 0 Å². The number of piperazine rings is 1. The Morgan fingerprint density at radius 3 is 2.08 bits per heavy atom. The highest BCUT2D eigenvalue weighted by Gasteiger charge is 2.23. The first-order valence-corrected chi connectivity index (χ1v) is 12.5. The lowest BCUT2D eigenvalue weighted by molar-refractivity contribution is -0.115. The van der Waals surface area contributed by atoms with E-state index in [9.17, 15) is 9.59 Å². The van der Waals surface area contributed by atoms with Crippen LogP contribution in [0.15, 0.2) is 60.7 Å². The molecule has 0 radical (unpaired) electrons. The number of benzene rings is 3. The molecule has 0 bridgehead atoms. The molecule has 2 N–H and O–H groups in total. The maximum absolute atomic E-state index is 12.9. The second-order valence-corrected chi connectivity index (χ2v) is 9.12. The molecule has 0 unspecified atom stereocenters. The van der Waals surface area contributed by atoms with Crippen molar-refractivity contribution in [2.24, 2.45) is 0 Å². The maximum atomic E-state index is 12.9. The van der Waals surface area contributed by atoms with Crippen LogP contribution in [-0.2, 0) is 11.2 Å². The van der Waals surface area contributed by atoms with E-state index in [-0.39, 0.29) is 18.4 Å². The van der Waals surface area contributed by atoms with Crippen molar-refractivity contribution in [2.45, 2.75) is 6.42 Å². The lowest BCUT2D eigenvalue weighted by Crippen LogP contribution is -2.50. The van der Waals surface area contributed by atoms with Gasteiger partial charge in [-0.15, -0.1) is 0 Å². The molecule has 1 heterocycles. The Morgan fingerprint density at radius 2 is 1.47 bits per heavy atom. The first-order chi connectivity index (χ1) is 18.4. The number of anilines is 3. The van der Waals surface area contributed by atoms with Crippen LogP contribution in [0.25, 0.3) is 0 Å². The first-order valence-electron chi connectivity index (χ1n) is 12.2. The largest absolute Gasteiger partial charge is 0.497 e. The SMILES string of the molecule is COc1ccc(CC(=O)Nc2ccc(N3CCN(C(=O)Nc4c(Cl)cc(OC)cc4OC)CC3)cc2)cc1. The number of nitrogens with zero attached hydrogens (tertiary/aromatic N) is 2. The molecule has 0 atom stereocenters. The highest BCUT2D eigenvalue weighted by molar-refractivity contribution is 6.34. The van der Waals surface area contributed by atoms with Gasteiger partial charge in [-0.3, -0.25) is 4.79 Å². The molecule has 10 heteroatoms. The summed E-state index contributed by atoms with van der Waals surface area (Å²) in [4.78, 5) is 29.3. The molecule has 3 aromatic rings. The first kappa shape index (κ1) is 26.9. The molecule has 200 valence electrons. The van der Waals surface area contributed by atoms with Crippen molar-refractivity contribution in [3.63, 3.8) is 0 Å². The minimum Gasteiger partial charge on any atom is -0.497 e. The van der Waals surface area contributed by atoms with E-state index in [0.29, 0.717) is 48.4 Å². The number of carbonyl (C=O) groups is 2. The van der Waals surface area contributed by atoms with Gasteiger partial charge in [0.2, 0.25) is 5.91 Å². The van der Waals surface area contributed by atoms with Gasteiger partial charge in [-0.25, -0.2) is 4.79 Å². The van der Waals surface area contributed by atoms with Gasteiger partial charge in [0.1, 0.15) is 22.9 Å². The molecular formula is C28H31ClN4O5. The van der Waals surface area contributed by atoms with E-state index in [4.69, 9.17) is 25.8 Å². The number of hydrogen-bond donors (Lipinski definition) is 2. The van der Waals surface area contributed by atoms with Crippen LogP contribution < -0.4 is 29.7 Å². The van der Waals surface area contributed by atoms with Crippen LogP contribution >= 0.6 is 11.6 Å². The summed E-state index contributed by atoms with van der Waals surface area (Å²) in [6.45, 7) is 2.43. The zero-order chi connectivity index (χ0) is 27.1. The molecule has 1 saturated heterocycles. The summed E-state index contributed by atoms with van der Waals surface area (Å²) in [5.74, 6) is 1.64. The van der Waals surface area contributed by atoms with E-state index in [1.165, 1.54) is 14.2 Å². The van der Waals surface area contributed by atoms with Gasteiger partial charge >= 0.3 is 6.03 Å². The van der Waals surface area contributed by atoms with Gasteiger partial charge < -0.3 is 34.6 Å². The smallest absolute Gasteiger partial charge is 0.322 e. The molecule has 0 saturated carbocycles.